The Hall–Kier alpha value is -3.25. The van der Waals surface area contributed by atoms with Crippen LogP contribution in [-0.2, 0) is 0 Å². The van der Waals surface area contributed by atoms with E-state index in [1.54, 1.807) is 0 Å². The highest BCUT2D eigenvalue weighted by Gasteiger charge is 2.26. The molecular formula is C24H20ClN5O. The van der Waals surface area contributed by atoms with Gasteiger partial charge in [0.05, 0.1) is 11.0 Å². The van der Waals surface area contributed by atoms with E-state index in [0.29, 0.717) is 27.2 Å². The number of aryl methyl sites for hydroxylation is 1. The second-order valence-corrected chi connectivity index (χ2v) is 8.60. The summed E-state index contributed by atoms with van der Waals surface area (Å²) in [4.78, 5) is 28.5. The molecule has 0 N–H and O–H groups in total. The summed E-state index contributed by atoms with van der Waals surface area (Å²) >= 11 is 6.13. The minimum Gasteiger partial charge on any atom is -0.293 e. The molecule has 31 heavy (non-hydrogen) atoms. The molecule has 154 valence electrons. The molecule has 0 aliphatic heterocycles. The zero-order valence-electron chi connectivity index (χ0n) is 17.0. The number of para-hydroxylation sites is 2. The van der Waals surface area contributed by atoms with Crippen molar-refractivity contribution in [2.45, 2.75) is 38.6 Å². The van der Waals surface area contributed by atoms with E-state index in [9.17, 15) is 4.79 Å². The number of nitrogens with zero attached hydrogens (tertiary/aromatic N) is 5. The molecule has 5 aromatic rings. The minimum atomic E-state index is -0.0308. The molecule has 1 aliphatic rings. The Bertz CT molecular complexity index is 1530. The summed E-state index contributed by atoms with van der Waals surface area (Å²) in [7, 11) is 0. The number of benzene rings is 2. The van der Waals surface area contributed by atoms with E-state index in [1.807, 2.05) is 64.6 Å². The zero-order chi connectivity index (χ0) is 21.1. The van der Waals surface area contributed by atoms with Gasteiger partial charge in [0.1, 0.15) is 16.7 Å². The maximum atomic E-state index is 13.8. The Balaban J connectivity index is 1.79. The van der Waals surface area contributed by atoms with Gasteiger partial charge in [-0.05, 0) is 56.2 Å². The summed E-state index contributed by atoms with van der Waals surface area (Å²) in [6.07, 6.45) is 4.31. The van der Waals surface area contributed by atoms with Crippen molar-refractivity contribution in [3.8, 4) is 5.69 Å². The van der Waals surface area contributed by atoms with Crippen molar-refractivity contribution in [1.82, 2.24) is 24.1 Å². The Kier molecular flexibility index (Phi) is 4.11. The Morgan fingerprint density at radius 1 is 0.903 bits per heavy atom. The molecule has 2 aromatic carbocycles. The van der Waals surface area contributed by atoms with E-state index in [2.05, 4.69) is 0 Å². The molecule has 3 heterocycles. The van der Waals surface area contributed by atoms with E-state index in [-0.39, 0.29) is 11.6 Å². The summed E-state index contributed by atoms with van der Waals surface area (Å²) in [6, 6.07) is 15.4. The topological polar surface area (TPSA) is 65.6 Å². The molecule has 0 saturated heterocycles. The van der Waals surface area contributed by atoms with Crippen molar-refractivity contribution in [1.29, 1.82) is 0 Å². The fourth-order valence-corrected chi connectivity index (χ4v) is 4.96. The first-order valence-corrected chi connectivity index (χ1v) is 11.0. The van der Waals surface area contributed by atoms with Gasteiger partial charge in [-0.1, -0.05) is 36.6 Å². The smallest absolute Gasteiger partial charge is 0.265 e. The number of fused-ring (bicyclic) bond motifs is 4. The Labute approximate surface area is 183 Å². The number of rotatable bonds is 2. The monoisotopic (exact) mass is 429 g/mol. The van der Waals surface area contributed by atoms with E-state index >= 15 is 0 Å². The Morgan fingerprint density at radius 2 is 1.58 bits per heavy atom. The van der Waals surface area contributed by atoms with Crippen molar-refractivity contribution < 1.29 is 0 Å². The van der Waals surface area contributed by atoms with Crippen LogP contribution in [0.15, 0.2) is 53.3 Å². The van der Waals surface area contributed by atoms with Gasteiger partial charge >= 0.3 is 0 Å². The van der Waals surface area contributed by atoms with Gasteiger partial charge in [-0.15, -0.1) is 0 Å². The summed E-state index contributed by atoms with van der Waals surface area (Å²) in [5.41, 5.74) is 4.16. The van der Waals surface area contributed by atoms with Crippen LogP contribution >= 0.6 is 11.6 Å². The first-order chi connectivity index (χ1) is 15.1. The van der Waals surface area contributed by atoms with Gasteiger partial charge in [0.2, 0.25) is 0 Å². The standard InChI is InChI=1S/C24H20ClN5O/c1-14-26-22-20(24(31)29(14)16-6-2-3-7-16)21-23(28-19-9-5-4-8-18(19)27-21)30(22)17-12-10-15(25)11-13-17/h4-5,8-13,16H,2-3,6-7H2,1H3. The van der Waals surface area contributed by atoms with Crippen molar-refractivity contribution in [3.05, 3.63) is 69.7 Å². The van der Waals surface area contributed by atoms with Crippen LogP contribution in [0.5, 0.6) is 0 Å². The average Bonchev–Trinajstić information content (AvgIpc) is 3.39. The molecule has 0 amide bonds. The van der Waals surface area contributed by atoms with Crippen LogP contribution in [0.3, 0.4) is 0 Å². The second-order valence-electron chi connectivity index (χ2n) is 8.17. The molecular weight excluding hydrogens is 410 g/mol. The van der Waals surface area contributed by atoms with E-state index < -0.39 is 0 Å². The van der Waals surface area contributed by atoms with Crippen LogP contribution in [0.1, 0.15) is 37.5 Å². The first kappa shape index (κ1) is 18.5. The second kappa shape index (κ2) is 6.89. The van der Waals surface area contributed by atoms with Crippen LogP contribution in [-0.4, -0.2) is 24.1 Å². The van der Waals surface area contributed by atoms with Gasteiger partial charge in [0.25, 0.3) is 5.56 Å². The Morgan fingerprint density at radius 3 is 2.29 bits per heavy atom. The molecule has 1 saturated carbocycles. The van der Waals surface area contributed by atoms with E-state index in [4.69, 9.17) is 26.6 Å². The molecule has 0 bridgehead atoms. The lowest BCUT2D eigenvalue weighted by atomic mass is 10.2. The highest BCUT2D eigenvalue weighted by Crippen LogP contribution is 2.32. The highest BCUT2D eigenvalue weighted by atomic mass is 35.5. The fraction of sp³-hybridized carbons (Fsp3) is 0.250. The number of halogens is 1. The molecule has 1 aliphatic carbocycles. The van der Waals surface area contributed by atoms with Crippen LogP contribution in [0.2, 0.25) is 5.02 Å². The van der Waals surface area contributed by atoms with Gasteiger partial charge in [-0.2, -0.15) is 0 Å². The molecule has 0 spiro atoms. The number of hydrogen-bond donors (Lipinski definition) is 0. The molecule has 3 aromatic heterocycles. The molecule has 6 rings (SSSR count). The third-order valence-electron chi connectivity index (χ3n) is 6.26. The summed E-state index contributed by atoms with van der Waals surface area (Å²) < 4.78 is 3.80. The predicted molar refractivity (Wildman–Crippen MR) is 123 cm³/mol. The van der Waals surface area contributed by atoms with E-state index in [0.717, 1.165) is 48.2 Å². The first-order valence-electron chi connectivity index (χ1n) is 10.6. The van der Waals surface area contributed by atoms with Crippen LogP contribution in [0.25, 0.3) is 38.9 Å². The molecule has 7 heteroatoms. The molecule has 6 nitrogen and oxygen atoms in total. The number of hydrogen-bond acceptors (Lipinski definition) is 4. The van der Waals surface area contributed by atoms with Gasteiger partial charge < -0.3 is 0 Å². The minimum absolute atomic E-state index is 0.0308. The molecule has 0 atom stereocenters. The van der Waals surface area contributed by atoms with Crippen molar-refractivity contribution in [2.75, 3.05) is 0 Å². The lowest BCUT2D eigenvalue weighted by Crippen LogP contribution is -2.27. The normalized spacial score (nSPS) is 14.9. The van der Waals surface area contributed by atoms with E-state index in [1.165, 1.54) is 0 Å². The summed E-state index contributed by atoms with van der Waals surface area (Å²) in [5, 5.41) is 1.18. The van der Waals surface area contributed by atoms with Crippen LogP contribution in [0.4, 0.5) is 0 Å². The lowest BCUT2D eigenvalue weighted by Gasteiger charge is -2.16. The maximum absolute atomic E-state index is 13.8. The van der Waals surface area contributed by atoms with Crippen LogP contribution in [0, 0.1) is 6.92 Å². The van der Waals surface area contributed by atoms with Gasteiger partial charge in [-0.3, -0.25) is 13.9 Å². The highest BCUT2D eigenvalue weighted by molar-refractivity contribution is 6.30. The summed E-state index contributed by atoms with van der Waals surface area (Å²) in [5.74, 6) is 0.729. The van der Waals surface area contributed by atoms with Gasteiger partial charge in [0.15, 0.2) is 11.3 Å². The van der Waals surface area contributed by atoms with Gasteiger partial charge in [-0.25, -0.2) is 15.0 Å². The molecule has 0 unspecified atom stereocenters. The SMILES string of the molecule is Cc1nc2c(c(=O)n1C1CCCC1)c1nc3ccccc3nc1n2-c1ccc(Cl)cc1. The lowest BCUT2D eigenvalue weighted by molar-refractivity contribution is 0.485. The van der Waals surface area contributed by atoms with Crippen molar-refractivity contribution in [3.63, 3.8) is 0 Å². The summed E-state index contributed by atoms with van der Waals surface area (Å²) in [6.45, 7) is 1.92. The van der Waals surface area contributed by atoms with Crippen molar-refractivity contribution in [2.24, 2.45) is 0 Å². The fourth-order valence-electron chi connectivity index (χ4n) is 4.84. The average molecular weight is 430 g/mol. The maximum Gasteiger partial charge on any atom is 0.265 e. The predicted octanol–water partition coefficient (Wildman–Crippen LogP) is 5.36. The quantitative estimate of drug-likeness (QED) is 0.379. The zero-order valence-corrected chi connectivity index (χ0v) is 17.8. The van der Waals surface area contributed by atoms with Gasteiger partial charge in [0, 0.05) is 16.8 Å². The third-order valence-corrected chi connectivity index (χ3v) is 6.51. The van der Waals surface area contributed by atoms with Crippen molar-refractivity contribution >= 4 is 44.8 Å². The third kappa shape index (κ3) is 2.78. The number of aromatic nitrogens is 5. The molecule has 0 radical (unpaired) electrons. The van der Waals surface area contributed by atoms with Crippen LogP contribution < -0.4 is 5.56 Å². The molecule has 1 fully saturated rings. The largest absolute Gasteiger partial charge is 0.293 e.